The summed E-state index contributed by atoms with van der Waals surface area (Å²) in [5.41, 5.74) is 1.20. The third-order valence-electron chi connectivity index (χ3n) is 2.89. The van der Waals surface area contributed by atoms with Crippen molar-refractivity contribution in [1.29, 1.82) is 0 Å². The normalized spacial score (nSPS) is 11.4. The van der Waals surface area contributed by atoms with Crippen molar-refractivity contribution in [3.05, 3.63) is 71.8 Å². The Morgan fingerprint density at radius 1 is 0.957 bits per heavy atom. The highest BCUT2D eigenvalue weighted by molar-refractivity contribution is 6.04. The Balaban J connectivity index is 2.12. The molecule has 0 spiro atoms. The molecule has 1 amide bonds. The second-order valence-electron chi connectivity index (χ2n) is 4.64. The van der Waals surface area contributed by atoms with Crippen molar-refractivity contribution in [3.8, 4) is 0 Å². The number of ketones is 1. The van der Waals surface area contributed by atoms with Gasteiger partial charge in [-0.05, 0) is 35.9 Å². The van der Waals surface area contributed by atoms with Gasteiger partial charge in [-0.15, -0.1) is 0 Å². The predicted octanol–water partition coefficient (Wildman–Crippen LogP) is 4.08. The van der Waals surface area contributed by atoms with Gasteiger partial charge in [-0.1, -0.05) is 36.4 Å². The number of amides is 1. The van der Waals surface area contributed by atoms with Gasteiger partial charge in [0, 0.05) is 11.3 Å². The molecule has 0 aliphatic carbocycles. The Hall–Kier alpha value is -2.89. The second-order valence-corrected chi connectivity index (χ2v) is 4.64. The number of anilines is 1. The van der Waals surface area contributed by atoms with Crippen LogP contribution >= 0.6 is 0 Å². The van der Waals surface area contributed by atoms with Crippen molar-refractivity contribution < 1.29 is 22.8 Å². The molecule has 0 saturated heterocycles. The molecule has 0 aromatic heterocycles. The molecular formula is C17H12F3NO2. The van der Waals surface area contributed by atoms with Gasteiger partial charge in [-0.25, -0.2) is 0 Å². The number of nitrogens with one attached hydrogen (secondary N) is 1. The van der Waals surface area contributed by atoms with Crippen molar-refractivity contribution in [1.82, 2.24) is 0 Å². The molecule has 0 aliphatic heterocycles. The number of carbonyl (C=O) groups excluding carboxylic acids is 2. The quantitative estimate of drug-likeness (QED) is 0.863. The first-order chi connectivity index (χ1) is 10.9. The van der Waals surface area contributed by atoms with E-state index in [0.29, 0.717) is 17.3 Å². The summed E-state index contributed by atoms with van der Waals surface area (Å²) in [6, 6.07) is 14.7. The van der Waals surface area contributed by atoms with Gasteiger partial charge in [0.25, 0.3) is 11.7 Å². The van der Waals surface area contributed by atoms with Gasteiger partial charge in [-0.2, -0.15) is 13.2 Å². The van der Waals surface area contributed by atoms with Crippen LogP contribution in [0.2, 0.25) is 0 Å². The summed E-state index contributed by atoms with van der Waals surface area (Å²) in [7, 11) is 0. The fourth-order valence-corrected chi connectivity index (χ4v) is 1.77. The van der Waals surface area contributed by atoms with Gasteiger partial charge in [0.15, 0.2) is 0 Å². The van der Waals surface area contributed by atoms with Crippen LogP contribution in [0.3, 0.4) is 0 Å². The van der Waals surface area contributed by atoms with E-state index in [4.69, 9.17) is 0 Å². The maximum absolute atomic E-state index is 12.1. The maximum atomic E-state index is 12.1. The Morgan fingerprint density at radius 2 is 1.65 bits per heavy atom. The molecule has 2 rings (SSSR count). The Labute approximate surface area is 130 Å². The summed E-state index contributed by atoms with van der Waals surface area (Å²) in [5.74, 6) is -2.34. The summed E-state index contributed by atoms with van der Waals surface area (Å²) >= 11 is 0. The number of alkyl halides is 3. The smallest absolute Gasteiger partial charge is 0.322 e. The van der Waals surface area contributed by atoms with Crippen LogP contribution in [0.5, 0.6) is 0 Å². The summed E-state index contributed by atoms with van der Waals surface area (Å²) in [5, 5.41) is 2.66. The van der Waals surface area contributed by atoms with Crippen LogP contribution in [-0.4, -0.2) is 17.9 Å². The van der Waals surface area contributed by atoms with Gasteiger partial charge in [0.1, 0.15) is 0 Å². The molecule has 0 atom stereocenters. The van der Waals surface area contributed by atoms with E-state index in [1.54, 1.807) is 30.3 Å². The molecule has 6 heteroatoms. The lowest BCUT2D eigenvalue weighted by Crippen LogP contribution is -2.19. The molecule has 3 nitrogen and oxygen atoms in total. The molecule has 0 fully saturated rings. The average molecular weight is 319 g/mol. The van der Waals surface area contributed by atoms with Crippen molar-refractivity contribution in [3.63, 3.8) is 0 Å². The number of hydrogen-bond donors (Lipinski definition) is 1. The highest BCUT2D eigenvalue weighted by Crippen LogP contribution is 2.18. The summed E-state index contributed by atoms with van der Waals surface area (Å²) in [6.45, 7) is 0. The van der Waals surface area contributed by atoms with Crippen LogP contribution in [0.15, 0.2) is 60.7 Å². The fraction of sp³-hybridized carbons (Fsp3) is 0.0588. The van der Waals surface area contributed by atoms with Crippen LogP contribution in [-0.2, 0) is 4.79 Å². The van der Waals surface area contributed by atoms with Crippen LogP contribution < -0.4 is 5.32 Å². The lowest BCUT2D eigenvalue weighted by molar-refractivity contribution is -0.165. The highest BCUT2D eigenvalue weighted by atomic mass is 19.4. The van der Waals surface area contributed by atoms with Crippen molar-refractivity contribution in [2.24, 2.45) is 0 Å². The zero-order chi connectivity index (χ0) is 16.9. The number of halogens is 3. The molecule has 0 heterocycles. The fourth-order valence-electron chi connectivity index (χ4n) is 1.77. The van der Waals surface area contributed by atoms with Crippen molar-refractivity contribution in [2.75, 3.05) is 5.32 Å². The molecule has 0 radical (unpaired) electrons. The first-order valence-electron chi connectivity index (χ1n) is 6.62. The lowest BCUT2D eigenvalue weighted by atomic mass is 10.1. The molecule has 2 aromatic rings. The van der Waals surface area contributed by atoms with E-state index < -0.39 is 17.9 Å². The number of para-hydroxylation sites is 1. The van der Waals surface area contributed by atoms with Crippen LogP contribution in [0.25, 0.3) is 6.08 Å². The molecule has 23 heavy (non-hydrogen) atoms. The summed E-state index contributed by atoms with van der Waals surface area (Å²) < 4.78 is 36.4. The molecule has 118 valence electrons. The highest BCUT2D eigenvalue weighted by Gasteiger charge is 2.35. The summed E-state index contributed by atoms with van der Waals surface area (Å²) in [4.78, 5) is 22.9. The van der Waals surface area contributed by atoms with E-state index in [9.17, 15) is 22.8 Å². The number of hydrogen-bond acceptors (Lipinski definition) is 2. The average Bonchev–Trinajstić information content (AvgIpc) is 2.53. The molecule has 0 unspecified atom stereocenters. The Bertz CT molecular complexity index is 737. The molecule has 0 bridgehead atoms. The minimum absolute atomic E-state index is 0.274. The second kappa shape index (κ2) is 6.91. The van der Waals surface area contributed by atoms with E-state index in [2.05, 4.69) is 5.32 Å². The van der Waals surface area contributed by atoms with Crippen LogP contribution in [0, 0.1) is 0 Å². The zero-order valence-corrected chi connectivity index (χ0v) is 11.8. The van der Waals surface area contributed by atoms with Gasteiger partial charge in [0.05, 0.1) is 0 Å². The van der Waals surface area contributed by atoms with Crippen molar-refractivity contribution in [2.45, 2.75) is 6.18 Å². The first-order valence-corrected chi connectivity index (χ1v) is 6.62. The Kier molecular flexibility index (Phi) is 4.95. The van der Waals surface area contributed by atoms with Crippen LogP contribution in [0.4, 0.5) is 18.9 Å². The van der Waals surface area contributed by atoms with Gasteiger partial charge >= 0.3 is 6.18 Å². The topological polar surface area (TPSA) is 46.2 Å². The van der Waals surface area contributed by atoms with E-state index in [1.807, 2.05) is 0 Å². The number of carbonyl (C=O) groups is 2. The number of rotatable bonds is 4. The van der Waals surface area contributed by atoms with E-state index in [0.717, 1.165) is 6.08 Å². The molecule has 0 saturated carbocycles. The van der Waals surface area contributed by atoms with Crippen molar-refractivity contribution >= 4 is 23.5 Å². The Morgan fingerprint density at radius 3 is 2.30 bits per heavy atom. The minimum atomic E-state index is -4.90. The SMILES string of the molecule is O=C(Nc1ccccc1)c1cccc(/C=C/C(=O)C(F)(F)F)c1. The zero-order valence-electron chi connectivity index (χ0n) is 11.8. The third kappa shape index (κ3) is 4.81. The van der Waals surface area contributed by atoms with E-state index >= 15 is 0 Å². The first kappa shape index (κ1) is 16.5. The third-order valence-corrected chi connectivity index (χ3v) is 2.89. The monoisotopic (exact) mass is 319 g/mol. The van der Waals surface area contributed by atoms with Gasteiger partial charge in [-0.3, -0.25) is 9.59 Å². The number of benzene rings is 2. The molecular weight excluding hydrogens is 307 g/mol. The summed E-state index contributed by atoms with van der Waals surface area (Å²) in [6.07, 6.45) is -3.44. The van der Waals surface area contributed by atoms with E-state index in [1.165, 1.54) is 24.3 Å². The minimum Gasteiger partial charge on any atom is -0.322 e. The van der Waals surface area contributed by atoms with E-state index in [-0.39, 0.29) is 5.56 Å². The predicted molar refractivity (Wildman–Crippen MR) is 80.9 cm³/mol. The lowest BCUT2D eigenvalue weighted by Gasteiger charge is -2.05. The maximum Gasteiger partial charge on any atom is 0.454 e. The number of allylic oxidation sites excluding steroid dienone is 1. The van der Waals surface area contributed by atoms with Gasteiger partial charge in [0.2, 0.25) is 0 Å². The largest absolute Gasteiger partial charge is 0.454 e. The van der Waals surface area contributed by atoms with Gasteiger partial charge < -0.3 is 5.32 Å². The molecule has 0 aliphatic rings. The molecule has 1 N–H and O–H groups in total. The van der Waals surface area contributed by atoms with Crippen LogP contribution in [0.1, 0.15) is 15.9 Å². The standard InChI is InChI=1S/C17H12F3NO2/c18-17(19,20)15(22)10-9-12-5-4-6-13(11-12)16(23)21-14-7-2-1-3-8-14/h1-11H,(H,21,23)/b10-9+. The molecule has 2 aromatic carbocycles.